The van der Waals surface area contributed by atoms with Crippen molar-refractivity contribution in [2.45, 2.75) is 64.5 Å². The van der Waals surface area contributed by atoms with Gasteiger partial charge in [-0.2, -0.15) is 0 Å². The number of carbonyl (C=O) groups excluding carboxylic acids is 1. The maximum atomic E-state index is 12.1. The molecule has 2 aromatic carbocycles. The smallest absolute Gasteiger partial charge is 0.265 e. The number of fused-ring (bicyclic) bond motifs is 1. The summed E-state index contributed by atoms with van der Waals surface area (Å²) < 4.78 is 0. The van der Waals surface area contributed by atoms with Gasteiger partial charge in [-0.05, 0) is 44.5 Å². The molecule has 0 saturated carbocycles. The number of amides is 1. The largest absolute Gasteiger partial charge is 0.372 e. The molecule has 0 bridgehead atoms. The topological polar surface area (TPSA) is 75.4 Å². The van der Waals surface area contributed by atoms with Crippen LogP contribution < -0.4 is 11.1 Å². The summed E-state index contributed by atoms with van der Waals surface area (Å²) in [6.07, 6.45) is 0. The number of para-hydroxylation sites is 1. The number of carbonyl (C=O) groups is 1. The van der Waals surface area contributed by atoms with E-state index in [0.717, 1.165) is 4.90 Å². The van der Waals surface area contributed by atoms with Crippen molar-refractivity contribution < 1.29 is 9.90 Å². The maximum absolute atomic E-state index is 12.1. The number of aliphatic hydroxyl groups is 1. The summed E-state index contributed by atoms with van der Waals surface area (Å²) in [6, 6.07) is 14.1. The second kappa shape index (κ2) is 11.1. The van der Waals surface area contributed by atoms with E-state index in [-0.39, 0.29) is 5.54 Å². The van der Waals surface area contributed by atoms with Gasteiger partial charge in [0.05, 0.1) is 0 Å². The summed E-state index contributed by atoms with van der Waals surface area (Å²) >= 11 is 4.20. The first-order valence-electron chi connectivity index (χ1n) is 9.34. The highest BCUT2D eigenvalue weighted by molar-refractivity contribution is 7.80. The van der Waals surface area contributed by atoms with Gasteiger partial charge < -0.3 is 16.2 Å². The molecular weight excluding hydrogens is 356 g/mol. The molecule has 1 atom stereocenters. The fourth-order valence-electron chi connectivity index (χ4n) is 2.23. The van der Waals surface area contributed by atoms with Crippen molar-refractivity contribution in [2.75, 3.05) is 5.32 Å². The zero-order chi connectivity index (χ0) is 21.3. The predicted molar refractivity (Wildman–Crippen MR) is 118 cm³/mol. The van der Waals surface area contributed by atoms with Crippen LogP contribution in [0.15, 0.2) is 53.4 Å². The first-order valence-corrected chi connectivity index (χ1v) is 9.79. The van der Waals surface area contributed by atoms with Gasteiger partial charge >= 0.3 is 0 Å². The van der Waals surface area contributed by atoms with E-state index in [1.165, 1.54) is 0 Å². The lowest BCUT2D eigenvalue weighted by atomic mass is 9.88. The van der Waals surface area contributed by atoms with Crippen molar-refractivity contribution in [3.8, 4) is 0 Å². The Hall–Kier alpha value is -1.82. The van der Waals surface area contributed by atoms with Crippen molar-refractivity contribution in [3.63, 3.8) is 0 Å². The van der Waals surface area contributed by atoms with Crippen LogP contribution in [0.3, 0.4) is 0 Å². The third-order valence-corrected chi connectivity index (χ3v) is 3.48. The van der Waals surface area contributed by atoms with E-state index in [1.54, 1.807) is 42.5 Å². The van der Waals surface area contributed by atoms with Crippen LogP contribution >= 0.6 is 12.6 Å². The minimum absolute atomic E-state index is 0. The first-order chi connectivity index (χ1) is 12.6. The predicted octanol–water partition coefficient (Wildman–Crippen LogP) is 4.96. The summed E-state index contributed by atoms with van der Waals surface area (Å²) in [4.78, 5) is 12.8. The maximum Gasteiger partial charge on any atom is 0.265 e. The van der Waals surface area contributed by atoms with Crippen LogP contribution in [0.25, 0.3) is 0 Å². The zero-order valence-corrected chi connectivity index (χ0v) is 18.4. The molecule has 0 fully saturated rings. The third-order valence-electron chi connectivity index (χ3n) is 3.18. The number of nitrogens with one attached hydrogen (secondary N) is 1. The summed E-state index contributed by atoms with van der Waals surface area (Å²) in [5.74, 6) is -0.421. The van der Waals surface area contributed by atoms with Crippen LogP contribution in [-0.4, -0.2) is 16.6 Å². The molecule has 1 aliphatic heterocycles. The van der Waals surface area contributed by atoms with Gasteiger partial charge in [0, 0.05) is 21.7 Å². The van der Waals surface area contributed by atoms with E-state index in [0.29, 0.717) is 16.8 Å². The van der Waals surface area contributed by atoms with E-state index < -0.39 is 11.5 Å². The van der Waals surface area contributed by atoms with Crippen molar-refractivity contribution in [2.24, 2.45) is 5.73 Å². The number of nitrogens with two attached hydrogens (primary N) is 1. The second-order valence-corrected chi connectivity index (χ2v) is 7.14. The number of hydrogen-bond donors (Lipinski definition) is 4. The standard InChI is InChI=1S/C14H11NO2S.C4H11N.2C2H6/c16-13-14(17,9-5-7-10(18)8-6-9)11-3-1-2-4-12(11)15-13;1-4(2,3)5;2*1-2/h1-8,17-18H,(H,15,16);5H2,1-3H3;2*1-2H3. The van der Waals surface area contributed by atoms with E-state index in [4.69, 9.17) is 5.73 Å². The number of benzene rings is 2. The monoisotopic (exact) mass is 390 g/mol. The summed E-state index contributed by atoms with van der Waals surface area (Å²) in [6.45, 7) is 13.9. The molecule has 150 valence electrons. The number of hydrogen-bond acceptors (Lipinski definition) is 4. The molecule has 0 radical (unpaired) electrons. The summed E-state index contributed by atoms with van der Waals surface area (Å²) in [5, 5.41) is 13.4. The molecule has 3 rings (SSSR count). The normalized spacial score (nSPS) is 17.0. The molecule has 0 aromatic heterocycles. The van der Waals surface area contributed by atoms with Crippen molar-refractivity contribution in [1.82, 2.24) is 0 Å². The van der Waals surface area contributed by atoms with Gasteiger partial charge in [-0.3, -0.25) is 4.79 Å². The lowest BCUT2D eigenvalue weighted by Gasteiger charge is -2.21. The van der Waals surface area contributed by atoms with Crippen LogP contribution in [0.2, 0.25) is 0 Å². The average molecular weight is 391 g/mol. The SMILES string of the molecule is CC.CC.CC(C)(C)N.O=C1Nc2ccccc2C1(O)c1ccc(S)cc1. The van der Waals surface area contributed by atoms with Crippen LogP contribution in [0.1, 0.15) is 59.6 Å². The van der Waals surface area contributed by atoms with E-state index in [2.05, 4.69) is 17.9 Å². The van der Waals surface area contributed by atoms with Crippen molar-refractivity contribution in [1.29, 1.82) is 0 Å². The van der Waals surface area contributed by atoms with Gasteiger partial charge in [-0.15, -0.1) is 12.6 Å². The van der Waals surface area contributed by atoms with Gasteiger partial charge in [0.2, 0.25) is 0 Å². The van der Waals surface area contributed by atoms with Gasteiger partial charge in [0.25, 0.3) is 5.91 Å². The van der Waals surface area contributed by atoms with Crippen molar-refractivity contribution in [3.05, 3.63) is 59.7 Å². The molecule has 0 spiro atoms. The summed E-state index contributed by atoms with van der Waals surface area (Å²) in [7, 11) is 0. The number of anilines is 1. The minimum Gasteiger partial charge on any atom is -0.372 e. The summed E-state index contributed by atoms with van der Waals surface area (Å²) in [5.41, 5.74) is 5.52. The molecular formula is C22H34N2O2S. The molecule has 1 heterocycles. The highest BCUT2D eigenvalue weighted by Gasteiger charge is 2.46. The highest BCUT2D eigenvalue weighted by Crippen LogP contribution is 2.40. The van der Waals surface area contributed by atoms with Gasteiger partial charge in [-0.1, -0.05) is 58.0 Å². The van der Waals surface area contributed by atoms with Crippen LogP contribution in [0.4, 0.5) is 5.69 Å². The Morgan fingerprint density at radius 2 is 1.41 bits per heavy atom. The molecule has 4 nitrogen and oxygen atoms in total. The quantitative estimate of drug-likeness (QED) is 0.520. The fourth-order valence-corrected chi connectivity index (χ4v) is 2.38. The fraction of sp³-hybridized carbons (Fsp3) is 0.409. The molecule has 1 aliphatic rings. The van der Waals surface area contributed by atoms with E-state index in [9.17, 15) is 9.90 Å². The Balaban J connectivity index is 0.000000646. The van der Waals surface area contributed by atoms with Crippen LogP contribution in [-0.2, 0) is 10.4 Å². The van der Waals surface area contributed by atoms with E-state index in [1.807, 2.05) is 54.5 Å². The third kappa shape index (κ3) is 7.01. The van der Waals surface area contributed by atoms with Crippen molar-refractivity contribution >= 4 is 24.2 Å². The molecule has 1 amide bonds. The molecule has 1 unspecified atom stereocenters. The second-order valence-electron chi connectivity index (χ2n) is 6.62. The Kier molecular flexibility index (Phi) is 10.4. The molecule has 5 heteroatoms. The highest BCUT2D eigenvalue weighted by atomic mass is 32.1. The number of thiol groups is 1. The minimum atomic E-state index is -1.61. The molecule has 4 N–H and O–H groups in total. The molecule has 2 aromatic rings. The Morgan fingerprint density at radius 3 is 1.89 bits per heavy atom. The van der Waals surface area contributed by atoms with E-state index >= 15 is 0 Å². The van der Waals surface area contributed by atoms with Crippen LogP contribution in [0.5, 0.6) is 0 Å². The lowest BCUT2D eigenvalue weighted by Crippen LogP contribution is -2.35. The van der Waals surface area contributed by atoms with Gasteiger partial charge in [-0.25, -0.2) is 0 Å². The Morgan fingerprint density at radius 1 is 0.963 bits per heavy atom. The molecule has 27 heavy (non-hydrogen) atoms. The lowest BCUT2D eigenvalue weighted by molar-refractivity contribution is -0.129. The average Bonchev–Trinajstić information content (AvgIpc) is 2.89. The van der Waals surface area contributed by atoms with Gasteiger partial charge in [0.15, 0.2) is 5.60 Å². The van der Waals surface area contributed by atoms with Crippen LogP contribution in [0, 0.1) is 0 Å². The van der Waals surface area contributed by atoms with Gasteiger partial charge in [0.1, 0.15) is 0 Å². The molecule has 0 aliphatic carbocycles. The Labute approximate surface area is 169 Å². The Bertz CT molecular complexity index is 703. The zero-order valence-electron chi connectivity index (χ0n) is 17.5. The first kappa shape index (κ1) is 25.2. The molecule has 0 saturated heterocycles. The number of rotatable bonds is 1.